The lowest BCUT2D eigenvalue weighted by Gasteiger charge is -2.24. The zero-order valence-corrected chi connectivity index (χ0v) is 13.0. The third-order valence-electron chi connectivity index (χ3n) is 3.16. The standard InChI is InChI=1S/C14H10BrClO2S/c15-10-7-12(19-14(10)16)13(17)9-5-6-18-11-4-2-1-3-8(9)11/h1-4,7,9H,5-6H2. The smallest absolute Gasteiger partial charge is 0.180 e. The normalized spacial score (nSPS) is 17.7. The molecule has 1 aromatic carbocycles. The molecule has 0 amide bonds. The van der Waals surface area contributed by atoms with Crippen LogP contribution in [0.3, 0.4) is 0 Å². The fourth-order valence-electron chi connectivity index (χ4n) is 2.25. The van der Waals surface area contributed by atoms with Crippen molar-refractivity contribution in [2.45, 2.75) is 12.3 Å². The highest BCUT2D eigenvalue weighted by molar-refractivity contribution is 9.10. The average Bonchev–Trinajstić information content (AvgIpc) is 2.77. The second kappa shape index (κ2) is 5.27. The SMILES string of the molecule is O=C(c1cc(Br)c(Cl)s1)C1CCOc2ccccc21. The molecule has 0 N–H and O–H groups in total. The van der Waals surface area contributed by atoms with E-state index in [9.17, 15) is 4.79 Å². The number of ketones is 1. The maximum atomic E-state index is 12.6. The van der Waals surface area contributed by atoms with Crippen LogP contribution >= 0.6 is 38.9 Å². The van der Waals surface area contributed by atoms with Crippen LogP contribution in [0.2, 0.25) is 4.34 Å². The lowest BCUT2D eigenvalue weighted by Crippen LogP contribution is -2.20. The van der Waals surface area contributed by atoms with Gasteiger partial charge in [-0.15, -0.1) is 11.3 Å². The Bertz CT molecular complexity index is 619. The van der Waals surface area contributed by atoms with Gasteiger partial charge in [-0.05, 0) is 34.5 Å². The number of carbonyl (C=O) groups excluding carboxylic acids is 1. The van der Waals surface area contributed by atoms with Crippen LogP contribution in [0, 0.1) is 0 Å². The van der Waals surface area contributed by atoms with E-state index in [0.29, 0.717) is 22.2 Å². The third kappa shape index (κ3) is 2.45. The minimum absolute atomic E-state index is 0.119. The van der Waals surface area contributed by atoms with E-state index in [1.54, 1.807) is 6.07 Å². The predicted octanol–water partition coefficient (Wildman–Crippen LogP) is 4.91. The zero-order valence-electron chi connectivity index (χ0n) is 9.86. The molecule has 0 saturated heterocycles. The zero-order chi connectivity index (χ0) is 13.4. The first-order valence-corrected chi connectivity index (χ1v) is 7.86. The van der Waals surface area contributed by atoms with Gasteiger partial charge in [-0.25, -0.2) is 0 Å². The van der Waals surface area contributed by atoms with Gasteiger partial charge >= 0.3 is 0 Å². The molecule has 2 nitrogen and oxygen atoms in total. The Morgan fingerprint density at radius 1 is 1.42 bits per heavy atom. The monoisotopic (exact) mass is 356 g/mol. The molecule has 0 radical (unpaired) electrons. The second-order valence-corrected chi connectivity index (χ2v) is 6.83. The van der Waals surface area contributed by atoms with Gasteiger partial charge in [0.25, 0.3) is 0 Å². The molecule has 0 spiro atoms. The summed E-state index contributed by atoms with van der Waals surface area (Å²) in [5.41, 5.74) is 0.972. The molecule has 0 aliphatic carbocycles. The molecule has 98 valence electrons. The van der Waals surface area contributed by atoms with Crippen LogP contribution in [0.5, 0.6) is 5.75 Å². The highest BCUT2D eigenvalue weighted by Gasteiger charge is 2.29. The molecule has 19 heavy (non-hydrogen) atoms. The van der Waals surface area contributed by atoms with Crippen molar-refractivity contribution in [1.82, 2.24) is 0 Å². The van der Waals surface area contributed by atoms with Crippen LogP contribution in [0.15, 0.2) is 34.8 Å². The number of carbonyl (C=O) groups is 1. The van der Waals surface area contributed by atoms with Crippen molar-refractivity contribution >= 4 is 44.7 Å². The van der Waals surface area contributed by atoms with Gasteiger partial charge < -0.3 is 4.74 Å². The van der Waals surface area contributed by atoms with Crippen molar-refractivity contribution in [3.63, 3.8) is 0 Å². The molecule has 1 aliphatic heterocycles. The van der Waals surface area contributed by atoms with Crippen molar-refractivity contribution in [1.29, 1.82) is 0 Å². The van der Waals surface area contributed by atoms with E-state index in [2.05, 4.69) is 15.9 Å². The number of hydrogen-bond donors (Lipinski definition) is 0. The molecular formula is C14H10BrClO2S. The van der Waals surface area contributed by atoms with Gasteiger partial charge in [0.05, 0.1) is 17.4 Å². The maximum Gasteiger partial charge on any atom is 0.180 e. The highest BCUT2D eigenvalue weighted by Crippen LogP contribution is 2.39. The van der Waals surface area contributed by atoms with Gasteiger partial charge in [-0.1, -0.05) is 29.8 Å². The molecular weight excluding hydrogens is 348 g/mol. The van der Waals surface area contributed by atoms with Gasteiger partial charge in [0.1, 0.15) is 10.1 Å². The number of halogens is 2. The Labute approximate surface area is 128 Å². The Morgan fingerprint density at radius 3 is 2.95 bits per heavy atom. The first-order valence-electron chi connectivity index (χ1n) is 5.87. The Kier molecular flexibility index (Phi) is 3.65. The number of hydrogen-bond acceptors (Lipinski definition) is 3. The second-order valence-electron chi connectivity index (χ2n) is 4.32. The van der Waals surface area contributed by atoms with Crippen molar-refractivity contribution in [3.05, 3.63) is 49.6 Å². The van der Waals surface area contributed by atoms with E-state index in [4.69, 9.17) is 16.3 Å². The lowest BCUT2D eigenvalue weighted by atomic mass is 9.89. The summed E-state index contributed by atoms with van der Waals surface area (Å²) in [7, 11) is 0. The van der Waals surface area contributed by atoms with Crippen LogP contribution < -0.4 is 4.74 Å². The van der Waals surface area contributed by atoms with Gasteiger partial charge in [0, 0.05) is 10.0 Å². The van der Waals surface area contributed by atoms with E-state index >= 15 is 0 Å². The molecule has 1 atom stereocenters. The third-order valence-corrected chi connectivity index (χ3v) is 5.65. The minimum atomic E-state index is -0.133. The van der Waals surface area contributed by atoms with E-state index in [1.165, 1.54) is 11.3 Å². The Hall–Kier alpha value is -0.840. The maximum absolute atomic E-state index is 12.6. The van der Waals surface area contributed by atoms with Crippen LogP contribution in [0.4, 0.5) is 0 Å². The fraction of sp³-hybridized carbons (Fsp3) is 0.214. The number of thiophene rings is 1. The highest BCUT2D eigenvalue weighted by atomic mass is 79.9. The predicted molar refractivity (Wildman–Crippen MR) is 80.7 cm³/mol. The molecule has 2 heterocycles. The molecule has 0 bridgehead atoms. The van der Waals surface area contributed by atoms with Crippen molar-refractivity contribution in [2.24, 2.45) is 0 Å². The summed E-state index contributed by atoms with van der Waals surface area (Å²) in [6.45, 7) is 0.577. The summed E-state index contributed by atoms with van der Waals surface area (Å²) >= 11 is 10.7. The van der Waals surface area contributed by atoms with Crippen LogP contribution in [0.1, 0.15) is 27.6 Å². The lowest BCUT2D eigenvalue weighted by molar-refractivity contribution is 0.0937. The molecule has 0 fully saturated rings. The Morgan fingerprint density at radius 2 is 2.21 bits per heavy atom. The summed E-state index contributed by atoms with van der Waals surface area (Å²) in [5.74, 6) is 0.800. The van der Waals surface area contributed by atoms with Crippen molar-refractivity contribution < 1.29 is 9.53 Å². The van der Waals surface area contributed by atoms with E-state index in [0.717, 1.165) is 15.8 Å². The first kappa shape index (κ1) is 13.2. The summed E-state index contributed by atoms with van der Waals surface area (Å²) in [6.07, 6.45) is 0.711. The van der Waals surface area contributed by atoms with Crippen LogP contribution in [-0.4, -0.2) is 12.4 Å². The Balaban J connectivity index is 1.97. The molecule has 1 unspecified atom stereocenters. The van der Waals surface area contributed by atoms with Crippen molar-refractivity contribution in [3.8, 4) is 5.75 Å². The summed E-state index contributed by atoms with van der Waals surface area (Å²) in [5, 5.41) is 0. The molecule has 1 aliphatic rings. The summed E-state index contributed by atoms with van der Waals surface area (Å²) in [6, 6.07) is 9.52. The summed E-state index contributed by atoms with van der Waals surface area (Å²) < 4.78 is 6.98. The molecule has 3 rings (SSSR count). The fourth-order valence-corrected chi connectivity index (χ4v) is 3.95. The van der Waals surface area contributed by atoms with E-state index in [1.807, 2.05) is 24.3 Å². The number of Topliss-reactive ketones (excluding diaryl/α,β-unsaturated/α-hetero) is 1. The van der Waals surface area contributed by atoms with E-state index in [-0.39, 0.29) is 11.7 Å². The minimum Gasteiger partial charge on any atom is -0.493 e. The average molecular weight is 358 g/mol. The molecule has 5 heteroatoms. The number of rotatable bonds is 2. The van der Waals surface area contributed by atoms with Crippen LogP contribution in [-0.2, 0) is 0 Å². The van der Waals surface area contributed by atoms with Gasteiger partial charge in [-0.3, -0.25) is 4.79 Å². The van der Waals surface area contributed by atoms with Gasteiger partial charge in [0.15, 0.2) is 5.78 Å². The van der Waals surface area contributed by atoms with Crippen LogP contribution in [0.25, 0.3) is 0 Å². The number of para-hydroxylation sites is 1. The van der Waals surface area contributed by atoms with E-state index < -0.39 is 0 Å². The number of fused-ring (bicyclic) bond motifs is 1. The topological polar surface area (TPSA) is 26.3 Å². The first-order chi connectivity index (χ1) is 9.16. The molecule has 2 aromatic rings. The molecule has 1 aromatic heterocycles. The van der Waals surface area contributed by atoms with Gasteiger partial charge in [0.2, 0.25) is 0 Å². The number of ether oxygens (including phenoxy) is 1. The largest absolute Gasteiger partial charge is 0.493 e. The molecule has 0 saturated carbocycles. The quantitative estimate of drug-likeness (QED) is 0.714. The number of benzene rings is 1. The van der Waals surface area contributed by atoms with Crippen molar-refractivity contribution in [2.75, 3.05) is 6.61 Å². The summed E-state index contributed by atoms with van der Waals surface area (Å²) in [4.78, 5) is 13.3. The van der Waals surface area contributed by atoms with Gasteiger partial charge in [-0.2, -0.15) is 0 Å².